The monoisotopic (exact) mass is 283 g/mol. The van der Waals surface area contributed by atoms with E-state index in [1.807, 2.05) is 6.26 Å². The molecule has 21 heavy (non-hydrogen) atoms. The highest BCUT2D eigenvalue weighted by Gasteiger charge is 2.40. The van der Waals surface area contributed by atoms with E-state index in [0.717, 1.165) is 6.42 Å². The molecule has 1 aliphatic carbocycles. The second kappa shape index (κ2) is 6.48. The molecule has 1 aliphatic rings. The molecule has 1 aromatic carbocycles. The third-order valence-electron chi connectivity index (χ3n) is 5.13. The van der Waals surface area contributed by atoms with E-state index in [-0.39, 0.29) is 5.41 Å². The lowest BCUT2D eigenvalue weighted by Gasteiger charge is -2.44. The van der Waals surface area contributed by atoms with Crippen molar-refractivity contribution in [3.05, 3.63) is 60.1 Å². The van der Waals surface area contributed by atoms with Crippen molar-refractivity contribution >= 4 is 0 Å². The van der Waals surface area contributed by atoms with Gasteiger partial charge in [0.1, 0.15) is 0 Å². The van der Waals surface area contributed by atoms with Gasteiger partial charge in [-0.25, -0.2) is 0 Å². The highest BCUT2D eigenvalue weighted by Crippen LogP contribution is 2.43. The fourth-order valence-corrected chi connectivity index (χ4v) is 4.01. The number of benzene rings is 1. The summed E-state index contributed by atoms with van der Waals surface area (Å²) in [5.74, 6) is 0. The topological polar surface area (TPSA) is 25.2 Å². The quantitative estimate of drug-likeness (QED) is 0.884. The summed E-state index contributed by atoms with van der Waals surface area (Å²) < 4.78 is 5.26. The van der Waals surface area contributed by atoms with Crippen LogP contribution in [0.5, 0.6) is 0 Å². The van der Waals surface area contributed by atoms with Gasteiger partial charge in [0, 0.05) is 11.5 Å². The Morgan fingerprint density at radius 3 is 2.48 bits per heavy atom. The van der Waals surface area contributed by atoms with E-state index >= 15 is 0 Å². The summed E-state index contributed by atoms with van der Waals surface area (Å²) in [5, 5.41) is 3.61. The van der Waals surface area contributed by atoms with E-state index in [1.165, 1.54) is 43.2 Å². The van der Waals surface area contributed by atoms with Crippen LogP contribution in [-0.2, 0) is 11.8 Å². The predicted molar refractivity (Wildman–Crippen MR) is 86.5 cm³/mol. The largest absolute Gasteiger partial charge is 0.472 e. The molecule has 1 heterocycles. The molecule has 3 rings (SSSR count). The molecule has 112 valence electrons. The van der Waals surface area contributed by atoms with E-state index in [2.05, 4.69) is 48.8 Å². The zero-order chi connectivity index (χ0) is 14.5. The smallest absolute Gasteiger partial charge is 0.0935 e. The summed E-state index contributed by atoms with van der Waals surface area (Å²) in [6.45, 7) is 0. The molecule has 1 saturated carbocycles. The first-order valence-electron chi connectivity index (χ1n) is 8.09. The van der Waals surface area contributed by atoms with Crippen LogP contribution in [-0.4, -0.2) is 13.1 Å². The van der Waals surface area contributed by atoms with Crippen LogP contribution < -0.4 is 5.32 Å². The van der Waals surface area contributed by atoms with Gasteiger partial charge in [0.25, 0.3) is 0 Å². The van der Waals surface area contributed by atoms with Crippen LogP contribution in [0.1, 0.15) is 43.2 Å². The van der Waals surface area contributed by atoms with Crippen molar-refractivity contribution in [1.29, 1.82) is 0 Å². The number of hydrogen-bond donors (Lipinski definition) is 1. The van der Waals surface area contributed by atoms with Gasteiger partial charge >= 0.3 is 0 Å². The Labute approximate surface area is 127 Å². The molecule has 2 aromatic rings. The van der Waals surface area contributed by atoms with Crippen LogP contribution >= 0.6 is 0 Å². The lowest BCUT2D eigenvalue weighted by molar-refractivity contribution is 0.218. The fraction of sp³-hybridized carbons (Fsp3) is 0.474. The predicted octanol–water partition coefficient (Wildman–Crippen LogP) is 4.31. The van der Waals surface area contributed by atoms with E-state index in [9.17, 15) is 0 Å². The van der Waals surface area contributed by atoms with Crippen molar-refractivity contribution in [1.82, 2.24) is 5.32 Å². The lowest BCUT2D eigenvalue weighted by Crippen LogP contribution is -2.49. The molecule has 0 spiro atoms. The van der Waals surface area contributed by atoms with Crippen molar-refractivity contribution in [3.63, 3.8) is 0 Å². The average Bonchev–Trinajstić information content (AvgIpc) is 3.07. The van der Waals surface area contributed by atoms with Gasteiger partial charge in [-0.3, -0.25) is 0 Å². The van der Waals surface area contributed by atoms with E-state index in [4.69, 9.17) is 4.42 Å². The standard InChI is InChI=1S/C19H25NO/c1-20-18(14-16-10-13-21-15-16)19(11-6-3-7-12-19)17-8-4-2-5-9-17/h2,4-5,8-10,13,15,18,20H,3,6-7,11-12,14H2,1H3. The van der Waals surface area contributed by atoms with Gasteiger partial charge in [-0.1, -0.05) is 49.6 Å². The first kappa shape index (κ1) is 14.4. The molecule has 1 atom stereocenters. The molecule has 0 radical (unpaired) electrons. The van der Waals surface area contributed by atoms with Crippen molar-refractivity contribution in [3.8, 4) is 0 Å². The average molecular weight is 283 g/mol. The number of rotatable bonds is 5. The summed E-state index contributed by atoms with van der Waals surface area (Å²) in [6.07, 6.45) is 11.3. The second-order valence-corrected chi connectivity index (χ2v) is 6.26. The molecule has 1 fully saturated rings. The molecule has 0 bridgehead atoms. The first-order chi connectivity index (χ1) is 10.3. The Bertz CT molecular complexity index is 526. The van der Waals surface area contributed by atoms with Crippen LogP contribution in [0.3, 0.4) is 0 Å². The number of furan rings is 1. The normalized spacial score (nSPS) is 19.3. The van der Waals surface area contributed by atoms with E-state index in [1.54, 1.807) is 6.26 Å². The van der Waals surface area contributed by atoms with Crippen LogP contribution in [0.2, 0.25) is 0 Å². The molecule has 2 heteroatoms. The SMILES string of the molecule is CNC(Cc1ccoc1)C1(c2ccccc2)CCCCC1. The summed E-state index contributed by atoms with van der Waals surface area (Å²) in [5.41, 5.74) is 3.04. The Hall–Kier alpha value is -1.54. The molecule has 2 nitrogen and oxygen atoms in total. The second-order valence-electron chi connectivity index (χ2n) is 6.26. The minimum Gasteiger partial charge on any atom is -0.472 e. The summed E-state index contributed by atoms with van der Waals surface area (Å²) in [7, 11) is 2.10. The molecule has 0 saturated heterocycles. The fourth-order valence-electron chi connectivity index (χ4n) is 4.01. The third-order valence-corrected chi connectivity index (χ3v) is 5.13. The molecule has 1 aromatic heterocycles. The summed E-state index contributed by atoms with van der Waals surface area (Å²) in [6, 6.07) is 13.6. The molecule has 1 unspecified atom stereocenters. The Morgan fingerprint density at radius 2 is 1.86 bits per heavy atom. The van der Waals surface area contributed by atoms with Gasteiger partial charge in [-0.05, 0) is 43.5 Å². The van der Waals surface area contributed by atoms with E-state index < -0.39 is 0 Å². The highest BCUT2D eigenvalue weighted by atomic mass is 16.3. The third kappa shape index (κ3) is 2.91. The Morgan fingerprint density at radius 1 is 1.10 bits per heavy atom. The summed E-state index contributed by atoms with van der Waals surface area (Å²) >= 11 is 0. The van der Waals surface area contributed by atoms with Gasteiger partial charge in [0.15, 0.2) is 0 Å². The zero-order valence-corrected chi connectivity index (χ0v) is 12.8. The van der Waals surface area contributed by atoms with Gasteiger partial charge < -0.3 is 9.73 Å². The van der Waals surface area contributed by atoms with Crippen LogP contribution in [0, 0.1) is 0 Å². The van der Waals surface area contributed by atoms with Gasteiger partial charge in [0.05, 0.1) is 12.5 Å². The molecular formula is C19H25NO. The Kier molecular flexibility index (Phi) is 4.45. The number of nitrogens with one attached hydrogen (secondary N) is 1. The van der Waals surface area contributed by atoms with Gasteiger partial charge in [-0.15, -0.1) is 0 Å². The minimum atomic E-state index is 0.255. The number of likely N-dealkylation sites (N-methyl/N-ethyl adjacent to an activating group) is 1. The lowest BCUT2D eigenvalue weighted by atomic mass is 9.64. The van der Waals surface area contributed by atoms with Crippen molar-refractivity contribution in [2.24, 2.45) is 0 Å². The highest BCUT2D eigenvalue weighted by molar-refractivity contribution is 5.30. The molecular weight excluding hydrogens is 258 g/mol. The van der Waals surface area contributed by atoms with Crippen molar-refractivity contribution in [2.75, 3.05) is 7.05 Å². The van der Waals surface area contributed by atoms with Gasteiger partial charge in [0.2, 0.25) is 0 Å². The molecule has 0 amide bonds. The molecule has 0 aliphatic heterocycles. The van der Waals surface area contributed by atoms with Crippen molar-refractivity contribution in [2.45, 2.75) is 50.0 Å². The first-order valence-corrected chi connectivity index (χ1v) is 8.09. The maximum Gasteiger partial charge on any atom is 0.0935 e. The van der Waals surface area contributed by atoms with Gasteiger partial charge in [-0.2, -0.15) is 0 Å². The zero-order valence-electron chi connectivity index (χ0n) is 12.8. The summed E-state index contributed by atoms with van der Waals surface area (Å²) in [4.78, 5) is 0. The van der Waals surface area contributed by atoms with Crippen LogP contribution in [0.25, 0.3) is 0 Å². The van der Waals surface area contributed by atoms with Crippen LogP contribution in [0.4, 0.5) is 0 Å². The molecule has 1 N–H and O–H groups in total. The van der Waals surface area contributed by atoms with Crippen LogP contribution in [0.15, 0.2) is 53.3 Å². The Balaban J connectivity index is 1.93. The maximum atomic E-state index is 5.26. The number of hydrogen-bond acceptors (Lipinski definition) is 2. The van der Waals surface area contributed by atoms with E-state index in [0.29, 0.717) is 6.04 Å². The minimum absolute atomic E-state index is 0.255. The maximum absolute atomic E-state index is 5.26. The van der Waals surface area contributed by atoms with Crippen molar-refractivity contribution < 1.29 is 4.42 Å².